The number of carbonyl (C=O) groups excluding carboxylic acids is 4. The van der Waals surface area contributed by atoms with Crippen LogP contribution in [0.3, 0.4) is 0 Å². The zero-order valence-corrected chi connectivity index (χ0v) is 35.0. The number of methoxy groups -OCH3 is 2. The number of nitrogens with zero attached hydrogens (tertiary/aromatic N) is 3. The van der Waals surface area contributed by atoms with Gasteiger partial charge >= 0.3 is 6.09 Å². The van der Waals surface area contributed by atoms with Crippen LogP contribution in [0, 0.1) is 17.8 Å². The fourth-order valence-corrected chi connectivity index (χ4v) is 8.38. The van der Waals surface area contributed by atoms with E-state index < -0.39 is 36.3 Å². The topological polar surface area (TPSA) is 139 Å². The second kappa shape index (κ2) is 21.8. The lowest BCUT2D eigenvalue weighted by molar-refractivity contribution is -0.147. The van der Waals surface area contributed by atoms with Crippen molar-refractivity contribution in [3.63, 3.8) is 0 Å². The summed E-state index contributed by atoms with van der Waals surface area (Å²) in [7, 11) is 4.86. The molecule has 0 bridgehead atoms. The minimum atomic E-state index is -0.857. The fourth-order valence-electron chi connectivity index (χ4n) is 7.69. The van der Waals surface area contributed by atoms with E-state index in [1.165, 1.54) is 11.3 Å². The second-order valence-corrected chi connectivity index (χ2v) is 16.1. The van der Waals surface area contributed by atoms with E-state index in [2.05, 4.69) is 15.6 Å². The van der Waals surface area contributed by atoms with Crippen molar-refractivity contribution >= 4 is 35.2 Å². The van der Waals surface area contributed by atoms with E-state index in [1.807, 2.05) is 106 Å². The molecule has 1 aliphatic heterocycles. The van der Waals surface area contributed by atoms with Gasteiger partial charge in [-0.3, -0.25) is 14.4 Å². The van der Waals surface area contributed by atoms with E-state index >= 15 is 0 Å². The summed E-state index contributed by atoms with van der Waals surface area (Å²) in [5, 5.41) is 8.73. The first kappa shape index (κ1) is 44.4. The van der Waals surface area contributed by atoms with Gasteiger partial charge in [0.1, 0.15) is 17.7 Å². The lowest BCUT2D eigenvalue weighted by Gasteiger charge is -2.40. The van der Waals surface area contributed by atoms with Gasteiger partial charge in [-0.2, -0.15) is 0 Å². The van der Waals surface area contributed by atoms with Crippen molar-refractivity contribution in [2.45, 2.75) is 110 Å². The summed E-state index contributed by atoms with van der Waals surface area (Å²) in [6.45, 7) is 10.3. The average Bonchev–Trinajstić information content (AvgIpc) is 3.93. The highest BCUT2D eigenvalue weighted by molar-refractivity contribution is 7.09. The number of benzene rings is 2. The summed E-state index contributed by atoms with van der Waals surface area (Å²) in [4.78, 5) is 63.1. The Bertz CT molecular complexity index is 1660. The Hall–Kier alpha value is -4.33. The highest BCUT2D eigenvalue weighted by Crippen LogP contribution is 2.30. The molecule has 2 aromatic carbocycles. The lowest BCUT2D eigenvalue weighted by atomic mass is 9.89. The Labute approximate surface area is 336 Å². The average molecular weight is 792 g/mol. The number of likely N-dealkylation sites (tertiary alicyclic amines) is 1. The van der Waals surface area contributed by atoms with Crippen LogP contribution in [0.25, 0.3) is 0 Å². The summed E-state index contributed by atoms with van der Waals surface area (Å²) in [5.74, 6) is -1.43. The van der Waals surface area contributed by atoms with E-state index in [4.69, 9.17) is 14.2 Å². The number of alkyl carbamates (subject to hydrolysis) is 1. The first-order valence-electron chi connectivity index (χ1n) is 19.7. The largest absolute Gasteiger partial charge is 0.445 e. The molecule has 1 aliphatic rings. The molecule has 13 heteroatoms. The molecule has 56 heavy (non-hydrogen) atoms. The summed E-state index contributed by atoms with van der Waals surface area (Å²) in [6, 6.07) is 17.4. The van der Waals surface area contributed by atoms with Crippen LogP contribution in [-0.4, -0.2) is 96.7 Å². The number of aromatic nitrogens is 1. The number of carbonyl (C=O) groups is 4. The minimum Gasteiger partial charge on any atom is -0.445 e. The molecular weight excluding hydrogens is 731 g/mol. The number of rotatable bonds is 20. The first-order chi connectivity index (χ1) is 26.9. The van der Waals surface area contributed by atoms with E-state index in [1.54, 1.807) is 32.4 Å². The maximum Gasteiger partial charge on any atom is 0.408 e. The highest BCUT2D eigenvalue weighted by Gasteiger charge is 2.43. The predicted octanol–water partition coefficient (Wildman–Crippen LogP) is 6.41. The molecule has 0 spiro atoms. The highest BCUT2D eigenvalue weighted by atomic mass is 32.1. The standard InChI is InChI=1S/C43H61N5O7S/c1-9-29(4)38(47(6)42(51)37(28(2)3)46-43(52)55-27-32-19-14-11-15-20-32)35(53-7)26-36(49)48-23-16-21-34(48)39(54-8)30(5)40(50)45-33(41-44-22-24-56-41)25-31-17-12-10-13-18-31/h10-15,17-20,22,24,28-30,33-35,37-39H,9,16,21,23,25-27H2,1-8H3,(H,45,50)(H,46,52)/t29?,30-,33+,34+,35-,37+,38+,39-/m1/s1. The van der Waals surface area contributed by atoms with Crippen molar-refractivity contribution in [1.82, 2.24) is 25.4 Å². The van der Waals surface area contributed by atoms with Crippen LogP contribution < -0.4 is 10.6 Å². The molecule has 0 radical (unpaired) electrons. The molecule has 2 heterocycles. The number of hydrogen-bond donors (Lipinski definition) is 2. The van der Waals surface area contributed by atoms with E-state index in [0.717, 1.165) is 29.0 Å². The molecule has 3 aromatic rings. The van der Waals surface area contributed by atoms with Crippen LogP contribution in [-0.2, 0) is 41.6 Å². The Balaban J connectivity index is 1.45. The molecule has 12 nitrogen and oxygen atoms in total. The second-order valence-electron chi connectivity index (χ2n) is 15.1. The van der Waals surface area contributed by atoms with Gasteiger partial charge in [-0.05, 0) is 42.2 Å². The maximum atomic E-state index is 14.3. The molecule has 1 saturated heterocycles. The van der Waals surface area contributed by atoms with Crippen molar-refractivity contribution in [1.29, 1.82) is 0 Å². The van der Waals surface area contributed by atoms with Gasteiger partial charge in [-0.15, -0.1) is 11.3 Å². The molecule has 4 rings (SSSR count). The SMILES string of the molecule is CCC(C)[C@@H]([C@@H](CC(=O)N1CCC[C@H]1[C@H](OC)[C@@H](C)C(=O)N[C@@H](Cc1ccccc1)c1nccs1)OC)N(C)C(=O)[C@@H](NC(=O)OCc1ccccc1)C(C)C. The molecule has 306 valence electrons. The predicted molar refractivity (Wildman–Crippen MR) is 218 cm³/mol. The molecule has 1 unspecified atom stereocenters. The van der Waals surface area contributed by atoms with Gasteiger partial charge < -0.3 is 34.6 Å². The zero-order chi connectivity index (χ0) is 40.8. The minimum absolute atomic E-state index is 0.0265. The van der Waals surface area contributed by atoms with Gasteiger partial charge in [0.2, 0.25) is 17.7 Å². The Morgan fingerprint density at radius 2 is 1.61 bits per heavy atom. The van der Waals surface area contributed by atoms with E-state index in [9.17, 15) is 19.2 Å². The first-order valence-corrected chi connectivity index (χ1v) is 20.6. The molecule has 4 amide bonds. The molecule has 1 fully saturated rings. The van der Waals surface area contributed by atoms with Crippen molar-refractivity contribution in [2.75, 3.05) is 27.8 Å². The summed E-state index contributed by atoms with van der Waals surface area (Å²) >= 11 is 1.50. The van der Waals surface area contributed by atoms with Crippen LogP contribution in [0.2, 0.25) is 0 Å². The van der Waals surface area contributed by atoms with Crippen molar-refractivity contribution in [3.05, 3.63) is 88.4 Å². The van der Waals surface area contributed by atoms with Gasteiger partial charge in [0.05, 0.1) is 42.7 Å². The van der Waals surface area contributed by atoms with E-state index in [-0.39, 0.29) is 54.7 Å². The monoisotopic (exact) mass is 791 g/mol. The lowest BCUT2D eigenvalue weighted by Crippen LogP contribution is -2.57. The molecule has 2 N–H and O–H groups in total. The van der Waals surface area contributed by atoms with Crippen LogP contribution in [0.4, 0.5) is 4.79 Å². The summed E-state index contributed by atoms with van der Waals surface area (Å²) in [5.41, 5.74) is 1.93. The quantitative estimate of drug-likeness (QED) is 0.134. The Kier molecular flexibility index (Phi) is 17.3. The van der Waals surface area contributed by atoms with Crippen LogP contribution >= 0.6 is 11.3 Å². The van der Waals surface area contributed by atoms with Gasteiger partial charge in [-0.25, -0.2) is 9.78 Å². The number of amides is 4. The fraction of sp³-hybridized carbons (Fsp3) is 0.558. The van der Waals surface area contributed by atoms with Crippen molar-refractivity contribution < 1.29 is 33.4 Å². The van der Waals surface area contributed by atoms with Gasteiger partial charge in [0.15, 0.2) is 0 Å². The zero-order valence-electron chi connectivity index (χ0n) is 34.2. The number of nitrogens with one attached hydrogen (secondary N) is 2. The number of likely N-dealkylation sites (N-methyl/N-ethyl adjacent to an activating group) is 1. The maximum absolute atomic E-state index is 14.3. The summed E-state index contributed by atoms with van der Waals surface area (Å²) < 4.78 is 17.5. The molecular formula is C43H61N5O7S. The molecule has 0 aliphatic carbocycles. The molecule has 0 saturated carbocycles. The van der Waals surface area contributed by atoms with Crippen molar-refractivity contribution in [3.8, 4) is 0 Å². The Morgan fingerprint density at radius 1 is 0.946 bits per heavy atom. The third kappa shape index (κ3) is 11.8. The van der Waals surface area contributed by atoms with E-state index in [0.29, 0.717) is 19.4 Å². The molecule has 8 atom stereocenters. The van der Waals surface area contributed by atoms with Crippen LogP contribution in [0.15, 0.2) is 72.2 Å². The third-order valence-corrected chi connectivity index (χ3v) is 11.9. The number of thiazole rings is 1. The summed E-state index contributed by atoms with van der Waals surface area (Å²) in [6.07, 6.45) is 2.68. The normalized spacial score (nSPS) is 17.9. The number of ether oxygens (including phenoxy) is 3. The van der Waals surface area contributed by atoms with Crippen molar-refractivity contribution in [2.24, 2.45) is 17.8 Å². The number of hydrogen-bond acceptors (Lipinski definition) is 9. The Morgan fingerprint density at radius 3 is 2.18 bits per heavy atom. The van der Waals surface area contributed by atoms with Gasteiger partial charge in [0, 0.05) is 39.4 Å². The van der Waals surface area contributed by atoms with Gasteiger partial charge in [-0.1, -0.05) is 102 Å². The van der Waals surface area contributed by atoms with Gasteiger partial charge in [0.25, 0.3) is 0 Å². The molecule has 1 aromatic heterocycles. The third-order valence-electron chi connectivity index (χ3n) is 11.0. The smallest absolute Gasteiger partial charge is 0.408 e. The van der Waals surface area contributed by atoms with Crippen LogP contribution in [0.1, 0.15) is 82.5 Å². The van der Waals surface area contributed by atoms with Crippen LogP contribution in [0.5, 0.6) is 0 Å².